The first-order valence-corrected chi connectivity index (χ1v) is 11.0. The third-order valence-corrected chi connectivity index (χ3v) is 5.92. The molecule has 8 nitrogen and oxygen atoms in total. The number of fused-ring (bicyclic) bond motifs is 1. The van der Waals surface area contributed by atoms with E-state index in [1.165, 1.54) is 18.5 Å². The van der Waals surface area contributed by atoms with Crippen molar-refractivity contribution in [2.75, 3.05) is 18.8 Å². The molecule has 0 radical (unpaired) electrons. The van der Waals surface area contributed by atoms with Crippen molar-refractivity contribution in [2.45, 2.75) is 18.9 Å². The fraction of sp³-hybridized carbons (Fsp3) is 0.200. The molecular formula is C25H23FN6O2. The van der Waals surface area contributed by atoms with Crippen molar-refractivity contribution in [3.8, 4) is 22.8 Å². The molecule has 1 atom stereocenters. The monoisotopic (exact) mass is 458 g/mol. The molecule has 9 heteroatoms. The minimum atomic E-state index is -0.504. The molecule has 5 rings (SSSR count). The Labute approximate surface area is 195 Å². The molecule has 1 saturated heterocycles. The summed E-state index contributed by atoms with van der Waals surface area (Å²) in [6, 6.07) is 13.6. The number of halogens is 1. The van der Waals surface area contributed by atoms with Crippen LogP contribution < -0.4 is 10.5 Å². The van der Waals surface area contributed by atoms with Crippen molar-refractivity contribution < 1.29 is 13.9 Å². The highest BCUT2D eigenvalue weighted by atomic mass is 19.1. The highest BCUT2D eigenvalue weighted by Crippen LogP contribution is 2.36. The second-order valence-electron chi connectivity index (χ2n) is 8.09. The Balaban J connectivity index is 1.54. The predicted octanol–water partition coefficient (Wildman–Crippen LogP) is 4.36. The molecule has 34 heavy (non-hydrogen) atoms. The number of hydrogen-bond donors (Lipinski definition) is 1. The number of nitrogens with two attached hydrogens (primary N) is 1. The Bertz CT molecular complexity index is 1370. The molecule has 1 unspecified atom stereocenters. The van der Waals surface area contributed by atoms with Crippen LogP contribution >= 0.6 is 0 Å². The van der Waals surface area contributed by atoms with Crippen LogP contribution in [0.1, 0.15) is 18.9 Å². The molecule has 2 aromatic carbocycles. The van der Waals surface area contributed by atoms with Gasteiger partial charge in [-0.2, -0.15) is 5.10 Å². The summed E-state index contributed by atoms with van der Waals surface area (Å²) < 4.78 is 22.8. The standard InChI is InChI=1S/C25H23FN6O2/c1-2-21(33)31-12-6-7-16(14-31)32-25-22(24(27)28-15-29-25)23(30-32)19-11-10-18(13-20(19)26)34-17-8-4-3-5-9-17/h2-5,8-11,13,15-16H,1,6-7,12,14H2,(H2,27,28,29). The molecular weight excluding hydrogens is 435 g/mol. The molecule has 1 aliphatic rings. The predicted molar refractivity (Wildman–Crippen MR) is 127 cm³/mol. The Morgan fingerprint density at radius 1 is 1.18 bits per heavy atom. The molecule has 4 aromatic rings. The zero-order chi connectivity index (χ0) is 23.7. The molecule has 1 amide bonds. The zero-order valence-corrected chi connectivity index (χ0v) is 18.4. The van der Waals surface area contributed by atoms with Crippen LogP contribution in [0.4, 0.5) is 10.2 Å². The highest BCUT2D eigenvalue weighted by Gasteiger charge is 2.28. The number of carbonyl (C=O) groups is 1. The van der Waals surface area contributed by atoms with E-state index in [9.17, 15) is 4.79 Å². The van der Waals surface area contributed by atoms with Crippen molar-refractivity contribution in [3.63, 3.8) is 0 Å². The van der Waals surface area contributed by atoms with E-state index in [1.807, 2.05) is 18.2 Å². The summed E-state index contributed by atoms with van der Waals surface area (Å²) in [6.07, 6.45) is 4.28. The zero-order valence-electron chi connectivity index (χ0n) is 18.4. The van der Waals surface area contributed by atoms with Gasteiger partial charge < -0.3 is 15.4 Å². The molecule has 2 aromatic heterocycles. The fourth-order valence-electron chi connectivity index (χ4n) is 4.30. The van der Waals surface area contributed by atoms with Crippen molar-refractivity contribution in [1.29, 1.82) is 0 Å². The topological polar surface area (TPSA) is 99.2 Å². The summed E-state index contributed by atoms with van der Waals surface area (Å²) in [5, 5.41) is 5.20. The van der Waals surface area contributed by atoms with Crippen molar-refractivity contribution in [3.05, 3.63) is 73.3 Å². The maximum Gasteiger partial charge on any atom is 0.246 e. The number of piperidine rings is 1. The molecule has 1 fully saturated rings. The summed E-state index contributed by atoms with van der Waals surface area (Å²) in [6.45, 7) is 4.69. The SMILES string of the molecule is C=CC(=O)N1CCCC(n2nc(-c3ccc(Oc4ccccc4)cc3F)c3c(N)ncnc32)C1. The first-order chi connectivity index (χ1) is 16.5. The second kappa shape index (κ2) is 8.93. The minimum Gasteiger partial charge on any atom is -0.457 e. The lowest BCUT2D eigenvalue weighted by atomic mass is 10.1. The van der Waals surface area contributed by atoms with E-state index in [2.05, 4.69) is 16.5 Å². The third-order valence-electron chi connectivity index (χ3n) is 5.92. The van der Waals surface area contributed by atoms with Gasteiger partial charge in [0.2, 0.25) is 5.91 Å². The number of nitrogen functional groups attached to an aromatic ring is 1. The smallest absolute Gasteiger partial charge is 0.246 e. The summed E-state index contributed by atoms with van der Waals surface area (Å²) in [4.78, 5) is 22.4. The van der Waals surface area contributed by atoms with Gasteiger partial charge in [0, 0.05) is 24.7 Å². The number of amides is 1. The van der Waals surface area contributed by atoms with Gasteiger partial charge in [0.1, 0.15) is 35.2 Å². The van der Waals surface area contributed by atoms with Crippen LogP contribution in [0.25, 0.3) is 22.3 Å². The molecule has 0 aliphatic carbocycles. The number of hydrogen-bond acceptors (Lipinski definition) is 6. The number of aromatic nitrogens is 4. The molecule has 3 heterocycles. The summed E-state index contributed by atoms with van der Waals surface area (Å²) in [5.41, 5.74) is 7.31. The average molecular weight is 458 g/mol. The van der Waals surface area contributed by atoms with E-state index in [0.29, 0.717) is 41.3 Å². The van der Waals surface area contributed by atoms with Gasteiger partial charge >= 0.3 is 0 Å². The van der Waals surface area contributed by atoms with Gasteiger partial charge in [-0.05, 0) is 43.2 Å². The quantitative estimate of drug-likeness (QED) is 0.446. The minimum absolute atomic E-state index is 0.129. The normalized spacial score (nSPS) is 15.9. The number of likely N-dealkylation sites (tertiary alicyclic amines) is 1. The van der Waals surface area contributed by atoms with Crippen LogP contribution in [-0.2, 0) is 4.79 Å². The molecule has 2 N–H and O–H groups in total. The van der Waals surface area contributed by atoms with Crippen molar-refractivity contribution in [1.82, 2.24) is 24.6 Å². The lowest BCUT2D eigenvalue weighted by molar-refractivity contribution is -0.127. The van der Waals surface area contributed by atoms with Gasteiger partial charge in [-0.25, -0.2) is 19.0 Å². The van der Waals surface area contributed by atoms with Crippen molar-refractivity contribution in [2.24, 2.45) is 0 Å². The number of rotatable bonds is 5. The Morgan fingerprint density at radius 2 is 2.00 bits per heavy atom. The number of ether oxygens (including phenoxy) is 1. The molecule has 1 aliphatic heterocycles. The largest absolute Gasteiger partial charge is 0.457 e. The number of nitrogens with zero attached hydrogens (tertiary/aromatic N) is 5. The summed E-state index contributed by atoms with van der Waals surface area (Å²) in [5.74, 6) is 0.556. The Kier molecular flexibility index (Phi) is 5.67. The Hall–Kier alpha value is -4.27. The summed E-state index contributed by atoms with van der Waals surface area (Å²) >= 11 is 0. The van der Waals surface area contributed by atoms with Gasteiger partial charge in [0.05, 0.1) is 11.4 Å². The molecule has 0 bridgehead atoms. The van der Waals surface area contributed by atoms with Gasteiger partial charge in [-0.3, -0.25) is 4.79 Å². The lowest BCUT2D eigenvalue weighted by Gasteiger charge is -2.32. The van der Waals surface area contributed by atoms with E-state index in [0.717, 1.165) is 12.8 Å². The van der Waals surface area contributed by atoms with Gasteiger partial charge in [0.15, 0.2) is 5.65 Å². The van der Waals surface area contributed by atoms with Crippen LogP contribution in [0, 0.1) is 5.82 Å². The van der Waals surface area contributed by atoms with Crippen molar-refractivity contribution >= 4 is 22.8 Å². The first-order valence-electron chi connectivity index (χ1n) is 11.0. The summed E-state index contributed by atoms with van der Waals surface area (Å²) in [7, 11) is 0. The lowest BCUT2D eigenvalue weighted by Crippen LogP contribution is -2.40. The number of para-hydroxylation sites is 1. The third kappa shape index (κ3) is 3.96. The fourth-order valence-corrected chi connectivity index (χ4v) is 4.30. The van der Waals surface area contributed by atoms with Crippen LogP contribution in [-0.4, -0.2) is 43.6 Å². The Morgan fingerprint density at radius 3 is 2.76 bits per heavy atom. The van der Waals surface area contributed by atoms with Crippen LogP contribution in [0.15, 0.2) is 67.5 Å². The second-order valence-corrected chi connectivity index (χ2v) is 8.09. The van der Waals surface area contributed by atoms with E-state index in [4.69, 9.17) is 15.6 Å². The number of benzene rings is 2. The van der Waals surface area contributed by atoms with E-state index in [1.54, 1.807) is 33.8 Å². The molecule has 172 valence electrons. The van der Waals surface area contributed by atoms with Crippen LogP contribution in [0.5, 0.6) is 11.5 Å². The van der Waals surface area contributed by atoms with E-state index >= 15 is 4.39 Å². The highest BCUT2D eigenvalue weighted by molar-refractivity contribution is 5.98. The van der Waals surface area contributed by atoms with Gasteiger partial charge in [-0.15, -0.1) is 0 Å². The molecule has 0 spiro atoms. The van der Waals surface area contributed by atoms with Crippen LogP contribution in [0.2, 0.25) is 0 Å². The van der Waals surface area contributed by atoms with Crippen LogP contribution in [0.3, 0.4) is 0 Å². The molecule has 0 saturated carbocycles. The maximum atomic E-state index is 15.3. The van der Waals surface area contributed by atoms with E-state index < -0.39 is 5.82 Å². The first kappa shape index (κ1) is 21.6. The van der Waals surface area contributed by atoms with E-state index in [-0.39, 0.29) is 23.3 Å². The van der Waals surface area contributed by atoms with Gasteiger partial charge in [-0.1, -0.05) is 24.8 Å². The maximum absolute atomic E-state index is 15.3. The van der Waals surface area contributed by atoms with Gasteiger partial charge in [0.25, 0.3) is 0 Å². The number of carbonyl (C=O) groups excluding carboxylic acids is 1. The average Bonchev–Trinajstić information content (AvgIpc) is 3.25. The number of anilines is 1.